The van der Waals surface area contributed by atoms with Crippen molar-refractivity contribution >= 4 is 0 Å². The monoisotopic (exact) mass is 209 g/mol. The van der Waals surface area contributed by atoms with Crippen molar-refractivity contribution in [3.63, 3.8) is 0 Å². The quantitative estimate of drug-likeness (QED) is 0.706. The first kappa shape index (κ1) is 11.2. The molecule has 1 heterocycles. The van der Waals surface area contributed by atoms with Gasteiger partial charge in [-0.2, -0.15) is 0 Å². The van der Waals surface area contributed by atoms with Crippen molar-refractivity contribution in [1.29, 1.82) is 0 Å². The van der Waals surface area contributed by atoms with Crippen molar-refractivity contribution in [2.24, 2.45) is 5.41 Å². The van der Waals surface area contributed by atoms with Crippen LogP contribution in [-0.2, 0) is 4.74 Å². The van der Waals surface area contributed by atoms with Crippen LogP contribution in [0.5, 0.6) is 0 Å². The molecule has 0 aromatic carbocycles. The maximum atomic E-state index is 5.19. The average molecular weight is 209 g/mol. The van der Waals surface area contributed by atoms with Gasteiger partial charge >= 0.3 is 0 Å². The fraction of sp³-hybridized carbons (Fsp3) is 0.846. The molecule has 2 heteroatoms. The molecule has 2 aliphatic rings. The van der Waals surface area contributed by atoms with Gasteiger partial charge in [0, 0.05) is 6.04 Å². The van der Waals surface area contributed by atoms with Gasteiger partial charge in [0.15, 0.2) is 0 Å². The molecule has 1 unspecified atom stereocenters. The summed E-state index contributed by atoms with van der Waals surface area (Å²) in [5, 5.41) is 3.66. The van der Waals surface area contributed by atoms with Gasteiger partial charge in [-0.1, -0.05) is 32.4 Å². The molecule has 1 N–H and O–H groups in total. The lowest BCUT2D eigenvalue weighted by atomic mass is 9.79. The normalized spacial score (nSPS) is 28.5. The number of ether oxygens (including phenoxy) is 1. The van der Waals surface area contributed by atoms with E-state index in [0.717, 1.165) is 13.2 Å². The minimum Gasteiger partial charge on any atom is -0.378 e. The third kappa shape index (κ3) is 2.82. The van der Waals surface area contributed by atoms with Crippen molar-refractivity contribution in [2.45, 2.75) is 52.1 Å². The Kier molecular flexibility index (Phi) is 3.17. The minimum absolute atomic E-state index is 0.344. The largest absolute Gasteiger partial charge is 0.378 e. The Morgan fingerprint density at radius 2 is 2.07 bits per heavy atom. The molecule has 86 valence electrons. The van der Waals surface area contributed by atoms with E-state index < -0.39 is 0 Å². The van der Waals surface area contributed by atoms with Gasteiger partial charge in [-0.15, -0.1) is 0 Å². The Labute approximate surface area is 93.1 Å². The summed E-state index contributed by atoms with van der Waals surface area (Å²) in [5.41, 5.74) is 1.96. The second-order valence-corrected chi connectivity index (χ2v) is 5.84. The van der Waals surface area contributed by atoms with Gasteiger partial charge in [-0.25, -0.2) is 0 Å². The first-order valence-electron chi connectivity index (χ1n) is 6.11. The van der Waals surface area contributed by atoms with Crippen LogP contribution in [0.15, 0.2) is 11.6 Å². The third-order valence-corrected chi connectivity index (χ3v) is 3.41. The molecule has 0 aromatic rings. The van der Waals surface area contributed by atoms with E-state index in [2.05, 4.69) is 32.2 Å². The molecule has 0 bridgehead atoms. The smallest absolute Gasteiger partial charge is 0.0643 e. The Hall–Kier alpha value is -0.340. The van der Waals surface area contributed by atoms with E-state index in [4.69, 9.17) is 4.74 Å². The fourth-order valence-electron chi connectivity index (χ4n) is 2.31. The molecule has 0 amide bonds. The summed E-state index contributed by atoms with van der Waals surface area (Å²) in [6, 6.07) is 1.19. The van der Waals surface area contributed by atoms with Crippen LogP contribution in [0.1, 0.15) is 40.0 Å². The maximum absolute atomic E-state index is 5.19. The standard InChI is InChI=1S/C13H23NO/c1-13(2,3)10-5-4-6-11(7-10)14-12-8-15-9-12/h7,11-12,14H,4-6,8-9H2,1-3H3. The Balaban J connectivity index is 1.94. The summed E-state index contributed by atoms with van der Waals surface area (Å²) in [4.78, 5) is 0. The number of allylic oxidation sites excluding steroid dienone is 1. The molecule has 1 aliphatic heterocycles. The summed E-state index contributed by atoms with van der Waals surface area (Å²) < 4.78 is 5.19. The molecule has 1 saturated heterocycles. The summed E-state index contributed by atoms with van der Waals surface area (Å²) in [5.74, 6) is 0. The number of hydrogen-bond acceptors (Lipinski definition) is 2. The zero-order valence-corrected chi connectivity index (χ0v) is 10.2. The van der Waals surface area contributed by atoms with Crippen LogP contribution in [0.4, 0.5) is 0 Å². The van der Waals surface area contributed by atoms with Crippen LogP contribution >= 0.6 is 0 Å². The first-order chi connectivity index (χ1) is 7.05. The van der Waals surface area contributed by atoms with E-state index in [0.29, 0.717) is 17.5 Å². The predicted molar refractivity (Wildman–Crippen MR) is 62.9 cm³/mol. The van der Waals surface area contributed by atoms with Crippen LogP contribution in [0.2, 0.25) is 0 Å². The zero-order chi connectivity index (χ0) is 10.9. The van der Waals surface area contributed by atoms with E-state index in [1.807, 2.05) is 0 Å². The molecule has 15 heavy (non-hydrogen) atoms. The van der Waals surface area contributed by atoms with Gasteiger partial charge in [-0.3, -0.25) is 0 Å². The van der Waals surface area contributed by atoms with E-state index >= 15 is 0 Å². The highest BCUT2D eigenvalue weighted by molar-refractivity contribution is 5.17. The average Bonchev–Trinajstić information content (AvgIpc) is 2.11. The molecule has 1 fully saturated rings. The van der Waals surface area contributed by atoms with Gasteiger partial charge in [0.2, 0.25) is 0 Å². The highest BCUT2D eigenvalue weighted by Gasteiger charge is 2.25. The van der Waals surface area contributed by atoms with Gasteiger partial charge in [0.05, 0.1) is 19.3 Å². The molecule has 1 atom stereocenters. The number of rotatable bonds is 2. The van der Waals surface area contributed by atoms with Crippen LogP contribution in [0.3, 0.4) is 0 Å². The van der Waals surface area contributed by atoms with Gasteiger partial charge in [-0.05, 0) is 24.7 Å². The van der Waals surface area contributed by atoms with E-state index in [1.54, 1.807) is 5.57 Å². The lowest BCUT2D eigenvalue weighted by Gasteiger charge is -2.34. The highest BCUT2D eigenvalue weighted by atomic mass is 16.5. The van der Waals surface area contributed by atoms with Gasteiger partial charge in [0.25, 0.3) is 0 Å². The predicted octanol–water partition coefficient (Wildman–Crippen LogP) is 2.50. The molecular formula is C13H23NO. The minimum atomic E-state index is 0.344. The molecule has 1 aliphatic carbocycles. The van der Waals surface area contributed by atoms with Crippen LogP contribution in [0.25, 0.3) is 0 Å². The third-order valence-electron chi connectivity index (χ3n) is 3.41. The summed E-state index contributed by atoms with van der Waals surface area (Å²) in [6.07, 6.45) is 6.36. The van der Waals surface area contributed by atoms with Crippen LogP contribution in [-0.4, -0.2) is 25.3 Å². The molecule has 0 spiro atoms. The van der Waals surface area contributed by atoms with Gasteiger partial charge in [0.1, 0.15) is 0 Å². The van der Waals surface area contributed by atoms with E-state index in [1.165, 1.54) is 19.3 Å². The van der Waals surface area contributed by atoms with Crippen molar-refractivity contribution in [3.8, 4) is 0 Å². The van der Waals surface area contributed by atoms with Crippen molar-refractivity contribution in [3.05, 3.63) is 11.6 Å². The lowest BCUT2D eigenvalue weighted by molar-refractivity contribution is -0.00851. The van der Waals surface area contributed by atoms with Crippen LogP contribution in [0, 0.1) is 5.41 Å². The Bertz CT molecular complexity index is 248. The topological polar surface area (TPSA) is 21.3 Å². The van der Waals surface area contributed by atoms with Crippen LogP contribution < -0.4 is 5.32 Å². The fourth-order valence-corrected chi connectivity index (χ4v) is 2.31. The zero-order valence-electron chi connectivity index (χ0n) is 10.2. The molecule has 2 nitrogen and oxygen atoms in total. The molecule has 0 aromatic heterocycles. The molecule has 0 radical (unpaired) electrons. The number of hydrogen-bond donors (Lipinski definition) is 1. The summed E-state index contributed by atoms with van der Waals surface area (Å²) in [6.45, 7) is 8.74. The maximum Gasteiger partial charge on any atom is 0.0643 e. The Morgan fingerprint density at radius 1 is 1.33 bits per heavy atom. The van der Waals surface area contributed by atoms with Crippen molar-refractivity contribution in [2.75, 3.05) is 13.2 Å². The summed E-state index contributed by atoms with van der Waals surface area (Å²) in [7, 11) is 0. The Morgan fingerprint density at radius 3 is 2.60 bits per heavy atom. The molecular weight excluding hydrogens is 186 g/mol. The molecule has 2 rings (SSSR count). The van der Waals surface area contributed by atoms with Gasteiger partial charge < -0.3 is 10.1 Å². The van der Waals surface area contributed by atoms with Crippen molar-refractivity contribution < 1.29 is 4.74 Å². The molecule has 0 saturated carbocycles. The van der Waals surface area contributed by atoms with Crippen molar-refractivity contribution in [1.82, 2.24) is 5.32 Å². The summed E-state index contributed by atoms with van der Waals surface area (Å²) >= 11 is 0. The SMILES string of the molecule is CC(C)(C)C1=CC(NC2COC2)CCC1. The second-order valence-electron chi connectivity index (χ2n) is 5.84. The van der Waals surface area contributed by atoms with E-state index in [-0.39, 0.29) is 0 Å². The lowest BCUT2D eigenvalue weighted by Crippen LogP contribution is -2.50. The first-order valence-corrected chi connectivity index (χ1v) is 6.11. The number of nitrogens with one attached hydrogen (secondary N) is 1. The van der Waals surface area contributed by atoms with E-state index in [9.17, 15) is 0 Å². The highest BCUT2D eigenvalue weighted by Crippen LogP contribution is 2.33. The second kappa shape index (κ2) is 4.26.